The molecule has 0 radical (unpaired) electrons. The molecule has 2 aliphatic heterocycles. The van der Waals surface area contributed by atoms with E-state index in [0.717, 1.165) is 5.75 Å². The molecule has 2 fully saturated rings. The monoisotopic (exact) mass is 526 g/mol. The van der Waals surface area contributed by atoms with Crippen molar-refractivity contribution in [2.45, 2.75) is 24.2 Å². The summed E-state index contributed by atoms with van der Waals surface area (Å²) in [6.07, 6.45) is 1.31. The van der Waals surface area contributed by atoms with Gasteiger partial charge >= 0.3 is 0 Å². The number of hydrogen-bond donors (Lipinski definition) is 0. The molecular formula is C24H28Cl2N2O5S. The van der Waals surface area contributed by atoms with Crippen LogP contribution >= 0.6 is 23.2 Å². The van der Waals surface area contributed by atoms with Crippen molar-refractivity contribution in [3.8, 4) is 5.75 Å². The first-order valence-electron chi connectivity index (χ1n) is 11.3. The smallest absolute Gasteiger partial charge is 0.243 e. The average molecular weight is 527 g/mol. The lowest BCUT2D eigenvalue weighted by molar-refractivity contribution is -0.139. The topological polar surface area (TPSA) is 76.2 Å². The van der Waals surface area contributed by atoms with Crippen molar-refractivity contribution >= 4 is 39.1 Å². The number of amides is 1. The Kier molecular flexibility index (Phi) is 8.05. The van der Waals surface area contributed by atoms with E-state index in [1.807, 2.05) is 35.2 Å². The van der Waals surface area contributed by atoms with Gasteiger partial charge < -0.3 is 14.4 Å². The van der Waals surface area contributed by atoms with E-state index in [1.54, 1.807) is 0 Å². The van der Waals surface area contributed by atoms with Crippen molar-refractivity contribution in [3.63, 3.8) is 0 Å². The second-order valence-electron chi connectivity index (χ2n) is 8.78. The van der Waals surface area contributed by atoms with Crippen molar-refractivity contribution in [3.05, 3.63) is 58.6 Å². The van der Waals surface area contributed by atoms with Crippen LogP contribution in [-0.2, 0) is 19.6 Å². The Labute approximate surface area is 210 Å². The van der Waals surface area contributed by atoms with Crippen LogP contribution in [0.25, 0.3) is 0 Å². The van der Waals surface area contributed by atoms with Crippen LogP contribution in [0.2, 0.25) is 10.0 Å². The minimum atomic E-state index is -3.76. The average Bonchev–Trinajstić information content (AvgIpc) is 2.84. The fourth-order valence-electron chi connectivity index (χ4n) is 4.40. The fourth-order valence-corrected chi connectivity index (χ4v) is 6.57. The molecule has 2 aliphatic rings. The zero-order valence-electron chi connectivity index (χ0n) is 18.8. The maximum Gasteiger partial charge on any atom is 0.243 e. The number of carbonyl (C=O) groups is 1. The summed E-state index contributed by atoms with van der Waals surface area (Å²) in [4.78, 5) is 15.0. The van der Waals surface area contributed by atoms with Crippen molar-refractivity contribution in [2.24, 2.45) is 5.41 Å². The number of ether oxygens (including phenoxy) is 2. The van der Waals surface area contributed by atoms with E-state index in [4.69, 9.17) is 32.7 Å². The third-order valence-corrected chi connectivity index (χ3v) is 8.75. The van der Waals surface area contributed by atoms with Gasteiger partial charge in [0.2, 0.25) is 15.9 Å². The van der Waals surface area contributed by atoms with Crippen molar-refractivity contribution in [1.82, 2.24) is 9.21 Å². The van der Waals surface area contributed by atoms with E-state index in [2.05, 4.69) is 0 Å². The lowest BCUT2D eigenvalue weighted by atomic mass is 9.76. The predicted molar refractivity (Wildman–Crippen MR) is 131 cm³/mol. The molecule has 0 atom stereocenters. The highest BCUT2D eigenvalue weighted by molar-refractivity contribution is 7.89. The minimum absolute atomic E-state index is 0.0536. The van der Waals surface area contributed by atoms with Crippen molar-refractivity contribution in [2.75, 3.05) is 46.0 Å². The number of piperidine rings is 1. The molecule has 2 saturated heterocycles. The number of nitrogens with zero attached hydrogens (tertiary/aromatic N) is 2. The van der Waals surface area contributed by atoms with Gasteiger partial charge in [0.15, 0.2) is 0 Å². The van der Waals surface area contributed by atoms with Gasteiger partial charge in [-0.15, -0.1) is 0 Å². The molecule has 0 spiro atoms. The summed E-state index contributed by atoms with van der Waals surface area (Å²) in [5.74, 6) is 0.780. The maximum absolute atomic E-state index is 13.2. The summed E-state index contributed by atoms with van der Waals surface area (Å²) in [5.41, 5.74) is -0.469. The van der Waals surface area contributed by atoms with E-state index in [0.29, 0.717) is 52.2 Å². The van der Waals surface area contributed by atoms with Crippen LogP contribution in [-0.4, -0.2) is 69.5 Å². The lowest BCUT2D eigenvalue weighted by Gasteiger charge is -2.41. The second kappa shape index (κ2) is 10.8. The number of benzene rings is 2. The molecular weight excluding hydrogens is 499 g/mol. The molecule has 1 amide bonds. The molecule has 0 unspecified atom stereocenters. The van der Waals surface area contributed by atoms with E-state index < -0.39 is 15.4 Å². The van der Waals surface area contributed by atoms with E-state index in [9.17, 15) is 13.2 Å². The number of para-hydroxylation sites is 1. The summed E-state index contributed by atoms with van der Waals surface area (Å²) in [6, 6.07) is 13.8. The molecule has 0 saturated carbocycles. The van der Waals surface area contributed by atoms with Crippen LogP contribution in [0, 0.1) is 5.41 Å². The summed E-state index contributed by atoms with van der Waals surface area (Å²) in [7, 11) is -3.76. The SMILES string of the molecule is O=C(CC1(COc2ccccc2)CCN(S(=O)(=O)c2cc(Cl)cc(Cl)c2)CC1)N1CCOCC1. The quantitative estimate of drug-likeness (QED) is 0.542. The third kappa shape index (κ3) is 6.04. The largest absolute Gasteiger partial charge is 0.493 e. The molecule has 2 heterocycles. The van der Waals surface area contributed by atoms with E-state index in [1.165, 1.54) is 22.5 Å². The third-order valence-electron chi connectivity index (χ3n) is 6.44. The Morgan fingerprint density at radius 3 is 2.21 bits per heavy atom. The molecule has 2 aromatic rings. The molecule has 34 heavy (non-hydrogen) atoms. The van der Waals surface area contributed by atoms with Gasteiger partial charge in [-0.3, -0.25) is 4.79 Å². The Hall–Kier alpha value is -1.84. The number of carbonyl (C=O) groups excluding carboxylic acids is 1. The van der Waals surface area contributed by atoms with E-state index >= 15 is 0 Å². The van der Waals surface area contributed by atoms with Crippen molar-refractivity contribution < 1.29 is 22.7 Å². The van der Waals surface area contributed by atoms with Gasteiger partial charge in [-0.2, -0.15) is 4.31 Å². The van der Waals surface area contributed by atoms with Gasteiger partial charge in [0, 0.05) is 48.1 Å². The lowest BCUT2D eigenvalue weighted by Crippen LogP contribution is -2.49. The first-order chi connectivity index (χ1) is 16.3. The van der Waals surface area contributed by atoms with Gasteiger partial charge in [-0.05, 0) is 43.2 Å². The molecule has 2 aromatic carbocycles. The van der Waals surface area contributed by atoms with Crippen LogP contribution in [0.5, 0.6) is 5.75 Å². The maximum atomic E-state index is 13.2. The van der Waals surface area contributed by atoms with Crippen molar-refractivity contribution in [1.29, 1.82) is 0 Å². The van der Waals surface area contributed by atoms with Crippen LogP contribution in [0.4, 0.5) is 0 Å². The molecule has 184 valence electrons. The number of hydrogen-bond acceptors (Lipinski definition) is 5. The molecule has 0 N–H and O–H groups in total. The first kappa shape index (κ1) is 25.3. The van der Waals surface area contributed by atoms with Crippen LogP contribution in [0.3, 0.4) is 0 Å². The summed E-state index contributed by atoms with van der Waals surface area (Å²) in [6.45, 7) is 3.11. The second-order valence-corrected chi connectivity index (χ2v) is 11.6. The molecule has 4 rings (SSSR count). The highest BCUT2D eigenvalue weighted by Gasteiger charge is 2.41. The summed E-state index contributed by atoms with van der Waals surface area (Å²) < 4.78 is 39.4. The summed E-state index contributed by atoms with van der Waals surface area (Å²) in [5, 5.41) is 0.537. The Morgan fingerprint density at radius 2 is 1.59 bits per heavy atom. The van der Waals surface area contributed by atoms with Gasteiger partial charge in [-0.1, -0.05) is 41.4 Å². The van der Waals surface area contributed by atoms with Gasteiger partial charge in [0.1, 0.15) is 5.75 Å². The van der Waals surface area contributed by atoms with Crippen LogP contribution < -0.4 is 4.74 Å². The highest BCUT2D eigenvalue weighted by atomic mass is 35.5. The Balaban J connectivity index is 1.50. The van der Waals surface area contributed by atoms with Crippen LogP contribution in [0.1, 0.15) is 19.3 Å². The Morgan fingerprint density at radius 1 is 0.971 bits per heavy atom. The van der Waals surface area contributed by atoms with Gasteiger partial charge in [0.25, 0.3) is 0 Å². The van der Waals surface area contributed by atoms with Gasteiger partial charge in [-0.25, -0.2) is 8.42 Å². The van der Waals surface area contributed by atoms with Crippen LogP contribution in [0.15, 0.2) is 53.4 Å². The van der Waals surface area contributed by atoms with Gasteiger partial charge in [0.05, 0.1) is 24.7 Å². The molecule has 0 aliphatic carbocycles. The number of halogens is 2. The molecule has 7 nitrogen and oxygen atoms in total. The fraction of sp³-hybridized carbons (Fsp3) is 0.458. The zero-order valence-corrected chi connectivity index (χ0v) is 21.1. The normalized spacial score (nSPS) is 19.1. The summed E-state index contributed by atoms with van der Waals surface area (Å²) >= 11 is 12.1. The Bertz CT molecular complexity index is 1080. The molecule has 0 bridgehead atoms. The number of morpholine rings is 1. The first-order valence-corrected chi connectivity index (χ1v) is 13.5. The minimum Gasteiger partial charge on any atom is -0.493 e. The molecule has 10 heteroatoms. The highest BCUT2D eigenvalue weighted by Crippen LogP contribution is 2.38. The molecule has 0 aromatic heterocycles. The zero-order chi connectivity index (χ0) is 24.2. The number of rotatable bonds is 7. The standard InChI is InChI=1S/C24H28Cl2N2O5S/c25-19-14-20(26)16-22(15-19)34(30,31)28-8-6-24(7-9-28,18-33-21-4-2-1-3-5-21)17-23(29)27-10-12-32-13-11-27/h1-5,14-16H,6-13,17-18H2. The number of sulfonamides is 1. The van der Waals surface area contributed by atoms with E-state index in [-0.39, 0.29) is 33.9 Å². The predicted octanol–water partition coefficient (Wildman–Crippen LogP) is 4.09.